The van der Waals surface area contributed by atoms with Crippen LogP contribution in [0.25, 0.3) is 0 Å². The zero-order chi connectivity index (χ0) is 9.42. The van der Waals surface area contributed by atoms with Crippen LogP contribution in [0.4, 0.5) is 5.82 Å². The van der Waals surface area contributed by atoms with Crippen molar-refractivity contribution in [3.8, 4) is 6.07 Å². The van der Waals surface area contributed by atoms with Crippen molar-refractivity contribution in [3.63, 3.8) is 0 Å². The zero-order valence-corrected chi connectivity index (χ0v) is 7.54. The van der Waals surface area contributed by atoms with E-state index in [9.17, 15) is 0 Å². The van der Waals surface area contributed by atoms with Crippen molar-refractivity contribution in [3.05, 3.63) is 22.9 Å². The zero-order valence-electron chi connectivity index (χ0n) is 7.54. The van der Waals surface area contributed by atoms with Crippen molar-refractivity contribution in [2.75, 3.05) is 5.73 Å². The van der Waals surface area contributed by atoms with Gasteiger partial charge in [0.1, 0.15) is 11.9 Å². The van der Waals surface area contributed by atoms with Crippen molar-refractivity contribution in [1.82, 2.24) is 4.98 Å². The molecule has 0 fully saturated rings. The number of aryl methyl sites for hydroxylation is 1. The maximum atomic E-state index is 8.75. The lowest BCUT2D eigenvalue weighted by Gasteiger charge is -2.04. The van der Waals surface area contributed by atoms with Gasteiger partial charge in [-0.25, -0.2) is 4.98 Å². The van der Waals surface area contributed by atoms with Gasteiger partial charge in [0.25, 0.3) is 0 Å². The number of hydrogen-bond donors (Lipinski definition) is 1. The maximum absolute atomic E-state index is 8.75. The van der Waals surface area contributed by atoms with E-state index >= 15 is 0 Å². The van der Waals surface area contributed by atoms with Crippen LogP contribution in [0.2, 0.25) is 0 Å². The standard InChI is InChI=1S/C10H11N3/c1-6-2-3-7-4-8(5-11)10(12)13-9(6)7/h4,6H,2-3H2,1H3,(H2,12,13). The lowest BCUT2D eigenvalue weighted by Crippen LogP contribution is -2.00. The summed E-state index contributed by atoms with van der Waals surface area (Å²) in [7, 11) is 0. The summed E-state index contributed by atoms with van der Waals surface area (Å²) in [5, 5.41) is 8.75. The maximum Gasteiger partial charge on any atom is 0.141 e. The van der Waals surface area contributed by atoms with Crippen LogP contribution in [-0.4, -0.2) is 4.98 Å². The molecule has 1 aromatic heterocycles. The fraction of sp³-hybridized carbons (Fsp3) is 0.400. The van der Waals surface area contributed by atoms with E-state index in [0.717, 1.165) is 18.5 Å². The average molecular weight is 173 g/mol. The van der Waals surface area contributed by atoms with Gasteiger partial charge in [0.2, 0.25) is 0 Å². The number of hydrogen-bond acceptors (Lipinski definition) is 3. The van der Waals surface area contributed by atoms with Gasteiger partial charge in [0, 0.05) is 5.69 Å². The molecule has 0 aliphatic heterocycles. The quantitative estimate of drug-likeness (QED) is 0.648. The summed E-state index contributed by atoms with van der Waals surface area (Å²) in [6, 6.07) is 3.93. The third kappa shape index (κ3) is 1.15. The third-order valence-electron chi connectivity index (χ3n) is 2.60. The van der Waals surface area contributed by atoms with Crippen molar-refractivity contribution in [1.29, 1.82) is 5.26 Å². The first kappa shape index (κ1) is 8.06. The van der Waals surface area contributed by atoms with E-state index in [2.05, 4.69) is 18.0 Å². The molecule has 1 unspecified atom stereocenters. The Balaban J connectivity index is 2.58. The molecule has 66 valence electrons. The molecule has 0 spiro atoms. The highest BCUT2D eigenvalue weighted by Gasteiger charge is 2.21. The largest absolute Gasteiger partial charge is 0.383 e. The number of fused-ring (bicyclic) bond motifs is 1. The predicted molar refractivity (Wildman–Crippen MR) is 50.1 cm³/mol. The lowest BCUT2D eigenvalue weighted by molar-refractivity contribution is 0.732. The molecule has 2 rings (SSSR count). The molecule has 3 nitrogen and oxygen atoms in total. The lowest BCUT2D eigenvalue weighted by atomic mass is 10.1. The monoisotopic (exact) mass is 173 g/mol. The minimum absolute atomic E-state index is 0.370. The fourth-order valence-electron chi connectivity index (χ4n) is 1.81. The number of anilines is 1. The summed E-state index contributed by atoms with van der Waals surface area (Å²) in [5.74, 6) is 0.861. The Bertz CT molecular complexity index is 390. The minimum Gasteiger partial charge on any atom is -0.383 e. The van der Waals surface area contributed by atoms with Crippen LogP contribution in [0.5, 0.6) is 0 Å². The first-order chi connectivity index (χ1) is 6.22. The van der Waals surface area contributed by atoms with E-state index in [1.165, 1.54) is 5.56 Å². The molecule has 13 heavy (non-hydrogen) atoms. The van der Waals surface area contributed by atoms with Crippen LogP contribution >= 0.6 is 0 Å². The molecule has 0 saturated carbocycles. The summed E-state index contributed by atoms with van der Waals surface area (Å²) in [4.78, 5) is 4.26. The van der Waals surface area contributed by atoms with Crippen molar-refractivity contribution < 1.29 is 0 Å². The van der Waals surface area contributed by atoms with Gasteiger partial charge in [-0.3, -0.25) is 0 Å². The Morgan fingerprint density at radius 1 is 1.69 bits per heavy atom. The summed E-state index contributed by atoms with van der Waals surface area (Å²) in [5.41, 5.74) is 8.41. The second-order valence-electron chi connectivity index (χ2n) is 3.52. The Morgan fingerprint density at radius 3 is 3.15 bits per heavy atom. The van der Waals surface area contributed by atoms with Gasteiger partial charge in [-0.2, -0.15) is 5.26 Å². The van der Waals surface area contributed by atoms with E-state index in [-0.39, 0.29) is 0 Å². The van der Waals surface area contributed by atoms with Gasteiger partial charge in [-0.15, -0.1) is 0 Å². The Labute approximate surface area is 77.2 Å². The molecule has 1 atom stereocenters. The van der Waals surface area contributed by atoms with Crippen LogP contribution in [0.3, 0.4) is 0 Å². The summed E-state index contributed by atoms with van der Waals surface area (Å²) < 4.78 is 0. The Morgan fingerprint density at radius 2 is 2.46 bits per heavy atom. The molecule has 0 aromatic carbocycles. The van der Waals surface area contributed by atoms with Gasteiger partial charge in [0.05, 0.1) is 5.56 Å². The second kappa shape index (κ2) is 2.74. The Hall–Kier alpha value is -1.56. The van der Waals surface area contributed by atoms with Crippen LogP contribution in [-0.2, 0) is 6.42 Å². The van der Waals surface area contributed by atoms with Gasteiger partial charge in [0.15, 0.2) is 0 Å². The number of nitrogens with zero attached hydrogens (tertiary/aromatic N) is 2. The molecular weight excluding hydrogens is 162 g/mol. The minimum atomic E-state index is 0.370. The molecular formula is C10H11N3. The summed E-state index contributed by atoms with van der Waals surface area (Å²) in [6.07, 6.45) is 2.15. The number of rotatable bonds is 0. The molecule has 1 aromatic rings. The second-order valence-corrected chi connectivity index (χ2v) is 3.52. The number of pyridine rings is 1. The first-order valence-electron chi connectivity index (χ1n) is 4.41. The van der Waals surface area contributed by atoms with Gasteiger partial charge < -0.3 is 5.73 Å². The van der Waals surface area contributed by atoms with Crippen molar-refractivity contribution in [2.45, 2.75) is 25.7 Å². The highest BCUT2D eigenvalue weighted by atomic mass is 14.9. The predicted octanol–water partition coefficient (Wildman–Crippen LogP) is 1.59. The first-order valence-corrected chi connectivity index (χ1v) is 4.41. The average Bonchev–Trinajstić information content (AvgIpc) is 2.47. The highest BCUT2D eigenvalue weighted by Crippen LogP contribution is 2.32. The summed E-state index contributed by atoms with van der Waals surface area (Å²) >= 11 is 0. The van der Waals surface area contributed by atoms with Crippen molar-refractivity contribution >= 4 is 5.82 Å². The molecule has 2 N–H and O–H groups in total. The molecule has 0 radical (unpaired) electrons. The highest BCUT2D eigenvalue weighted by molar-refractivity contribution is 5.52. The molecule has 0 bridgehead atoms. The van der Waals surface area contributed by atoms with E-state index < -0.39 is 0 Å². The van der Waals surface area contributed by atoms with Crippen LogP contribution in [0.15, 0.2) is 6.07 Å². The number of nitriles is 1. The van der Waals surface area contributed by atoms with Crippen molar-refractivity contribution in [2.24, 2.45) is 0 Å². The van der Waals surface area contributed by atoms with E-state index in [4.69, 9.17) is 11.0 Å². The SMILES string of the molecule is CC1CCc2cc(C#N)c(N)nc21. The van der Waals surface area contributed by atoms with E-state index in [0.29, 0.717) is 17.3 Å². The molecule has 0 amide bonds. The molecule has 3 heteroatoms. The number of nitrogen functional groups attached to an aromatic ring is 1. The van der Waals surface area contributed by atoms with Crippen LogP contribution in [0, 0.1) is 11.3 Å². The van der Waals surface area contributed by atoms with Gasteiger partial charge >= 0.3 is 0 Å². The normalized spacial score (nSPS) is 19.5. The molecule has 1 aliphatic carbocycles. The molecule has 1 heterocycles. The molecule has 0 saturated heterocycles. The van der Waals surface area contributed by atoms with Gasteiger partial charge in [-0.1, -0.05) is 6.92 Å². The fourth-order valence-corrected chi connectivity index (χ4v) is 1.81. The summed E-state index contributed by atoms with van der Waals surface area (Å²) in [6.45, 7) is 2.14. The Kier molecular flexibility index (Phi) is 1.70. The van der Waals surface area contributed by atoms with Crippen LogP contribution in [0.1, 0.15) is 36.1 Å². The smallest absolute Gasteiger partial charge is 0.141 e. The van der Waals surface area contributed by atoms with E-state index in [1.54, 1.807) is 0 Å². The van der Waals surface area contributed by atoms with Gasteiger partial charge in [-0.05, 0) is 30.4 Å². The number of aromatic nitrogens is 1. The number of nitrogens with two attached hydrogens (primary N) is 1. The van der Waals surface area contributed by atoms with Crippen LogP contribution < -0.4 is 5.73 Å². The topological polar surface area (TPSA) is 62.7 Å². The third-order valence-corrected chi connectivity index (χ3v) is 2.60. The van der Waals surface area contributed by atoms with E-state index in [1.807, 2.05) is 6.07 Å². The molecule has 1 aliphatic rings.